The smallest absolute Gasteiger partial charge is 0.222 e. The lowest BCUT2D eigenvalue weighted by Crippen LogP contribution is -2.34. The summed E-state index contributed by atoms with van der Waals surface area (Å²) in [5, 5.41) is 4.06. The van der Waals surface area contributed by atoms with Gasteiger partial charge in [0.2, 0.25) is 12.3 Å². The third kappa shape index (κ3) is 14.2. The molecule has 2 saturated carbocycles. The number of nitrogens with one attached hydrogen (secondary N) is 2. The zero-order valence-electron chi connectivity index (χ0n) is 30.5. The summed E-state index contributed by atoms with van der Waals surface area (Å²) in [6.45, 7) is 7.37. The summed E-state index contributed by atoms with van der Waals surface area (Å²) >= 11 is 3.02. The Kier molecular flexibility index (Phi) is 19.0. The molecule has 0 bridgehead atoms. The summed E-state index contributed by atoms with van der Waals surface area (Å²) in [6, 6.07) is 7.86. The number of likely N-dealkylation sites (tertiary alicyclic amines) is 1. The van der Waals surface area contributed by atoms with E-state index in [-0.39, 0.29) is 5.43 Å². The average Bonchev–Trinajstić information content (AvgIpc) is 4.03. The van der Waals surface area contributed by atoms with Crippen LogP contribution >= 0.6 is 23.3 Å². The number of fused-ring (bicyclic) bond motifs is 1. The molecule has 3 fully saturated rings. The summed E-state index contributed by atoms with van der Waals surface area (Å²) in [5.74, 6) is 2.61. The molecule has 10 nitrogen and oxygen atoms in total. The number of carbonyl (C=O) groups excluding carboxylic acids is 3. The van der Waals surface area contributed by atoms with E-state index in [1.54, 1.807) is 31.5 Å². The fourth-order valence-corrected chi connectivity index (χ4v) is 7.52. The Morgan fingerprint density at radius 2 is 1.98 bits per heavy atom. The number of amides is 2. The fourth-order valence-electron chi connectivity index (χ4n) is 6.29. The Morgan fingerprint density at radius 3 is 2.65 bits per heavy atom. The molecule has 0 spiro atoms. The Morgan fingerprint density at radius 1 is 1.20 bits per heavy atom. The van der Waals surface area contributed by atoms with Gasteiger partial charge in [0.1, 0.15) is 17.5 Å². The number of methoxy groups -OCH3 is 1. The number of carbonyl (C=O) groups is 3. The van der Waals surface area contributed by atoms with E-state index in [1.165, 1.54) is 81.1 Å². The maximum atomic E-state index is 12.2. The molecular weight excluding hydrogens is 683 g/mol. The highest BCUT2D eigenvalue weighted by molar-refractivity contribution is 7.98. The molecule has 3 unspecified atom stereocenters. The van der Waals surface area contributed by atoms with Crippen LogP contribution in [0, 0.1) is 11.8 Å². The van der Waals surface area contributed by atoms with E-state index in [4.69, 9.17) is 15.3 Å². The van der Waals surface area contributed by atoms with E-state index in [0.29, 0.717) is 23.4 Å². The summed E-state index contributed by atoms with van der Waals surface area (Å²) in [7, 11) is 1.60. The molecule has 4 atom stereocenters. The van der Waals surface area contributed by atoms with E-state index in [9.17, 15) is 14.4 Å². The lowest BCUT2D eigenvalue weighted by Gasteiger charge is -2.23. The minimum absolute atomic E-state index is 0.0170. The van der Waals surface area contributed by atoms with Crippen LogP contribution in [-0.2, 0) is 14.4 Å². The van der Waals surface area contributed by atoms with Gasteiger partial charge in [0.05, 0.1) is 18.3 Å². The van der Waals surface area contributed by atoms with Crippen LogP contribution in [0.2, 0.25) is 0 Å². The number of hydrogen-bond acceptors (Lipinski definition) is 9. The Labute approximate surface area is 311 Å². The van der Waals surface area contributed by atoms with Gasteiger partial charge in [-0.25, -0.2) is 4.98 Å². The summed E-state index contributed by atoms with van der Waals surface area (Å²) in [5.41, 5.74) is 7.55. The third-order valence-electron chi connectivity index (χ3n) is 9.48. The van der Waals surface area contributed by atoms with Gasteiger partial charge in [0, 0.05) is 59.4 Å². The average molecular weight is 740 g/mol. The molecule has 2 amide bonds. The van der Waals surface area contributed by atoms with Gasteiger partial charge in [-0.3, -0.25) is 14.4 Å². The van der Waals surface area contributed by atoms with Crippen molar-refractivity contribution in [3.8, 4) is 16.5 Å². The second-order valence-electron chi connectivity index (χ2n) is 13.2. The monoisotopic (exact) mass is 739 g/mol. The standard InChI is InChI=1S/C21H38N2O.C13H10N2O2S.C4H7NOS.CH2O/c1-3-18-13-11-15-23(18)21(24)14-10-8-6-5-7-9-12-17-16-19(17)20(22)4-2;1-17-8-2-3-9-10(6-8)15-11(7-12(9)16)13-14-4-5-18-13;6-3-5-7-4-1-2-4;1-2/h9,12,17-20H,3-8,10-11,13-16,22H2,1-2H3;2-7H,1H3,(H,15,16);3-4H,1-2H2,(H,5,6);1H2/b12-9-;;;/t17-,18?,19?,20?;;;/m1.../s1. The van der Waals surface area contributed by atoms with Crippen molar-refractivity contribution >= 4 is 53.3 Å². The largest absolute Gasteiger partial charge is 0.497 e. The first-order valence-electron chi connectivity index (χ1n) is 18.3. The Hall–Kier alpha value is -3.48. The van der Waals surface area contributed by atoms with Crippen molar-refractivity contribution in [2.75, 3.05) is 13.7 Å². The van der Waals surface area contributed by atoms with Crippen LogP contribution in [0.15, 0.2) is 52.8 Å². The SMILES string of the molecule is C=O.CCC(N)C1C[C@H]1/C=C\CCCCCCC(=O)N1CCCC1CC.COc1ccc2c(=O)cc(-c3nccs3)[nH]c2c1.O=CNSC1CC1. The van der Waals surface area contributed by atoms with E-state index >= 15 is 0 Å². The van der Waals surface area contributed by atoms with Gasteiger partial charge in [0.15, 0.2) is 5.43 Å². The maximum Gasteiger partial charge on any atom is 0.222 e. The molecule has 3 aliphatic rings. The van der Waals surface area contributed by atoms with Crippen LogP contribution in [0.5, 0.6) is 5.75 Å². The van der Waals surface area contributed by atoms with Crippen molar-refractivity contribution in [3.63, 3.8) is 0 Å². The lowest BCUT2D eigenvalue weighted by molar-refractivity contribution is -0.132. The quantitative estimate of drug-likeness (QED) is 0.0587. The number of nitrogens with two attached hydrogens (primary N) is 1. The molecular formula is C39H57N5O5S2. The number of hydrogen-bond donors (Lipinski definition) is 3. The minimum Gasteiger partial charge on any atom is -0.497 e. The number of pyridine rings is 1. The number of ether oxygens (including phenoxy) is 1. The first-order chi connectivity index (χ1) is 24.9. The normalized spacial score (nSPS) is 19.5. The molecule has 1 aromatic carbocycles. The van der Waals surface area contributed by atoms with Gasteiger partial charge in [-0.05, 0) is 100 Å². The van der Waals surface area contributed by atoms with E-state index in [1.807, 2.05) is 18.2 Å². The molecule has 280 valence electrons. The predicted molar refractivity (Wildman–Crippen MR) is 211 cm³/mol. The number of H-pyrrole nitrogens is 1. The summed E-state index contributed by atoms with van der Waals surface area (Å²) in [6.07, 6.45) is 22.3. The number of unbranched alkanes of at least 4 members (excludes halogenated alkanes) is 4. The van der Waals surface area contributed by atoms with Gasteiger partial charge in [0.25, 0.3) is 0 Å². The number of benzene rings is 1. The summed E-state index contributed by atoms with van der Waals surface area (Å²) in [4.78, 5) is 51.4. The Balaban J connectivity index is 0.000000227. The van der Waals surface area contributed by atoms with Crippen LogP contribution < -0.4 is 20.6 Å². The van der Waals surface area contributed by atoms with Crippen LogP contribution in [0.3, 0.4) is 0 Å². The van der Waals surface area contributed by atoms with E-state index in [2.05, 4.69) is 45.6 Å². The number of allylic oxidation sites excluding steroid dienone is 2. The molecule has 2 aromatic heterocycles. The highest BCUT2D eigenvalue weighted by Crippen LogP contribution is 2.42. The molecule has 3 heterocycles. The number of thiazole rings is 1. The molecule has 6 rings (SSSR count). The van der Waals surface area contributed by atoms with E-state index < -0.39 is 0 Å². The maximum absolute atomic E-state index is 12.2. The van der Waals surface area contributed by atoms with Crippen molar-refractivity contribution in [1.29, 1.82) is 0 Å². The lowest BCUT2D eigenvalue weighted by atomic mass is 10.1. The van der Waals surface area contributed by atoms with Gasteiger partial charge >= 0.3 is 0 Å². The van der Waals surface area contributed by atoms with Gasteiger partial charge < -0.3 is 29.9 Å². The topological polar surface area (TPSA) is 147 Å². The zero-order valence-corrected chi connectivity index (χ0v) is 32.2. The van der Waals surface area contributed by atoms with Crippen molar-refractivity contribution < 1.29 is 19.1 Å². The number of rotatable bonds is 16. The van der Waals surface area contributed by atoms with Crippen LogP contribution in [-0.4, -0.2) is 65.0 Å². The molecule has 3 aromatic rings. The molecule has 2 aliphatic carbocycles. The van der Waals surface area contributed by atoms with Crippen molar-refractivity contribution in [2.24, 2.45) is 17.6 Å². The van der Waals surface area contributed by atoms with Crippen molar-refractivity contribution in [1.82, 2.24) is 19.6 Å². The highest BCUT2D eigenvalue weighted by Gasteiger charge is 2.38. The number of aromatic nitrogens is 2. The molecule has 12 heteroatoms. The molecule has 51 heavy (non-hydrogen) atoms. The van der Waals surface area contributed by atoms with Gasteiger partial charge in [-0.15, -0.1) is 11.3 Å². The first-order valence-corrected chi connectivity index (χ1v) is 20.1. The second kappa shape index (κ2) is 23.2. The van der Waals surface area contributed by atoms with Crippen molar-refractivity contribution in [2.45, 2.75) is 115 Å². The number of aromatic amines is 1. The van der Waals surface area contributed by atoms with Gasteiger partial charge in [-0.1, -0.05) is 38.8 Å². The van der Waals surface area contributed by atoms with Gasteiger partial charge in [-0.2, -0.15) is 0 Å². The fraction of sp³-hybridized carbons (Fsp3) is 0.564. The second-order valence-corrected chi connectivity index (χ2v) is 15.2. The first kappa shape index (κ1) is 41.9. The van der Waals surface area contributed by atoms with E-state index in [0.717, 1.165) is 77.7 Å². The van der Waals surface area contributed by atoms with Crippen LogP contribution in [0.4, 0.5) is 0 Å². The molecule has 4 N–H and O–H groups in total. The van der Waals surface area contributed by atoms with Crippen molar-refractivity contribution in [3.05, 3.63) is 58.2 Å². The van der Waals surface area contributed by atoms with Crippen LogP contribution in [0.25, 0.3) is 21.6 Å². The minimum atomic E-state index is -0.0170. The molecule has 0 radical (unpaired) electrons. The molecule has 1 aliphatic heterocycles. The zero-order chi connectivity index (χ0) is 37.0. The third-order valence-corrected chi connectivity index (χ3v) is 11.3. The summed E-state index contributed by atoms with van der Waals surface area (Å²) < 4.78 is 7.70. The van der Waals surface area contributed by atoms with Crippen LogP contribution in [0.1, 0.15) is 97.3 Å². The predicted octanol–water partition coefficient (Wildman–Crippen LogP) is 7.68. The Bertz CT molecular complexity index is 1540. The highest BCUT2D eigenvalue weighted by atomic mass is 32.2. The molecule has 1 saturated heterocycles. The number of nitrogens with zero attached hydrogens (tertiary/aromatic N) is 2.